The van der Waals surface area contributed by atoms with Gasteiger partial charge in [0, 0.05) is 19.0 Å². The van der Waals surface area contributed by atoms with Crippen molar-refractivity contribution in [3.8, 4) is 0 Å². The second kappa shape index (κ2) is 8.48. The number of carbonyl (C=O) groups is 1. The summed E-state index contributed by atoms with van der Waals surface area (Å²) in [6.07, 6.45) is 2.37. The van der Waals surface area contributed by atoms with E-state index in [1.807, 2.05) is 51.1 Å². The molecule has 1 unspecified atom stereocenters. The molecule has 0 aliphatic rings. The maximum atomic E-state index is 12.7. The highest BCUT2D eigenvalue weighted by molar-refractivity contribution is 5.88. The zero-order chi connectivity index (χ0) is 19.2. The lowest BCUT2D eigenvalue weighted by atomic mass is 10.1. The molecule has 0 radical (unpaired) electrons. The van der Waals surface area contributed by atoms with Gasteiger partial charge in [0.05, 0.1) is 12.2 Å². The van der Waals surface area contributed by atoms with Crippen molar-refractivity contribution < 1.29 is 9.32 Å². The van der Waals surface area contributed by atoms with Crippen molar-refractivity contribution in [1.29, 1.82) is 0 Å². The smallest absolute Gasteiger partial charge is 0.323 e. The number of rotatable bonds is 7. The number of aryl methyl sites for hydroxylation is 1. The third-order valence-electron chi connectivity index (χ3n) is 4.38. The summed E-state index contributed by atoms with van der Waals surface area (Å²) in [6, 6.07) is 11.6. The molecule has 0 spiro atoms. The van der Waals surface area contributed by atoms with E-state index in [4.69, 9.17) is 4.52 Å². The summed E-state index contributed by atoms with van der Waals surface area (Å²) in [6.45, 7) is 6.67. The van der Waals surface area contributed by atoms with E-state index in [1.54, 1.807) is 21.8 Å². The number of anilines is 1. The number of amides is 2. The fourth-order valence-electron chi connectivity index (χ4n) is 2.77. The fourth-order valence-corrected chi connectivity index (χ4v) is 2.77. The van der Waals surface area contributed by atoms with Crippen molar-refractivity contribution in [3.05, 3.63) is 59.9 Å². The molecule has 8 heteroatoms. The number of aromatic nitrogens is 4. The van der Waals surface area contributed by atoms with Crippen molar-refractivity contribution in [1.82, 2.24) is 24.8 Å². The van der Waals surface area contributed by atoms with Crippen molar-refractivity contribution in [2.24, 2.45) is 0 Å². The summed E-state index contributed by atoms with van der Waals surface area (Å²) >= 11 is 0. The molecule has 0 aliphatic heterocycles. The number of urea groups is 1. The van der Waals surface area contributed by atoms with Gasteiger partial charge in [-0.3, -0.25) is 5.32 Å². The van der Waals surface area contributed by atoms with Crippen LogP contribution in [0.5, 0.6) is 0 Å². The maximum absolute atomic E-state index is 12.7. The molecule has 3 aromatic rings. The summed E-state index contributed by atoms with van der Waals surface area (Å²) in [4.78, 5) is 18.6. The lowest BCUT2D eigenvalue weighted by molar-refractivity contribution is 0.203. The van der Waals surface area contributed by atoms with E-state index in [-0.39, 0.29) is 18.6 Å². The SMILES string of the molecule is CCc1noc(CN(CC)C(=O)Nc2ccnn2C(C)c2ccccc2)n1. The number of nitrogens with zero attached hydrogens (tertiary/aromatic N) is 5. The zero-order valence-electron chi connectivity index (χ0n) is 15.8. The Balaban J connectivity index is 1.71. The van der Waals surface area contributed by atoms with Crippen LogP contribution in [0.25, 0.3) is 0 Å². The molecule has 1 N–H and O–H groups in total. The normalized spacial score (nSPS) is 12.0. The maximum Gasteiger partial charge on any atom is 0.323 e. The van der Waals surface area contributed by atoms with Gasteiger partial charge in [-0.15, -0.1) is 0 Å². The molecule has 0 saturated carbocycles. The van der Waals surface area contributed by atoms with Crippen molar-refractivity contribution >= 4 is 11.8 Å². The van der Waals surface area contributed by atoms with E-state index < -0.39 is 0 Å². The minimum Gasteiger partial charge on any atom is -0.337 e. The van der Waals surface area contributed by atoms with Crippen LogP contribution < -0.4 is 5.32 Å². The molecular formula is C19H24N6O2. The summed E-state index contributed by atoms with van der Waals surface area (Å²) in [5, 5.41) is 11.2. The zero-order valence-corrected chi connectivity index (χ0v) is 15.8. The Bertz CT molecular complexity index is 873. The van der Waals surface area contributed by atoms with Gasteiger partial charge >= 0.3 is 6.03 Å². The lowest BCUT2D eigenvalue weighted by Gasteiger charge is -2.21. The number of carbonyl (C=O) groups excluding carboxylic acids is 1. The van der Waals surface area contributed by atoms with Gasteiger partial charge in [-0.25, -0.2) is 9.48 Å². The van der Waals surface area contributed by atoms with E-state index >= 15 is 0 Å². The molecule has 1 aromatic carbocycles. The Morgan fingerprint density at radius 1 is 1.26 bits per heavy atom. The van der Waals surface area contributed by atoms with E-state index in [0.717, 1.165) is 5.56 Å². The number of hydrogen-bond acceptors (Lipinski definition) is 5. The van der Waals surface area contributed by atoms with Crippen LogP contribution >= 0.6 is 0 Å². The fraction of sp³-hybridized carbons (Fsp3) is 0.368. The Kier molecular flexibility index (Phi) is 5.85. The molecule has 0 fully saturated rings. The second-order valence-corrected chi connectivity index (χ2v) is 6.15. The van der Waals surface area contributed by atoms with Gasteiger partial charge in [0.25, 0.3) is 0 Å². The predicted octanol–water partition coefficient (Wildman–Crippen LogP) is 3.49. The summed E-state index contributed by atoms with van der Waals surface area (Å²) in [5.74, 6) is 1.70. The molecule has 2 aromatic heterocycles. The molecule has 142 valence electrons. The molecular weight excluding hydrogens is 344 g/mol. The first-order valence-electron chi connectivity index (χ1n) is 9.08. The molecule has 8 nitrogen and oxygen atoms in total. The minimum absolute atomic E-state index is 0.00497. The molecule has 1 atom stereocenters. The number of nitrogens with one attached hydrogen (secondary N) is 1. The third-order valence-corrected chi connectivity index (χ3v) is 4.38. The van der Waals surface area contributed by atoms with Crippen LogP contribution in [0.4, 0.5) is 10.6 Å². The second-order valence-electron chi connectivity index (χ2n) is 6.15. The first-order chi connectivity index (χ1) is 13.1. The first-order valence-corrected chi connectivity index (χ1v) is 9.08. The van der Waals surface area contributed by atoms with E-state index in [1.165, 1.54) is 0 Å². The van der Waals surface area contributed by atoms with Gasteiger partial charge in [-0.1, -0.05) is 42.4 Å². The van der Waals surface area contributed by atoms with Gasteiger partial charge in [-0.2, -0.15) is 10.1 Å². The average Bonchev–Trinajstić information content (AvgIpc) is 3.35. The Morgan fingerprint density at radius 3 is 2.70 bits per heavy atom. The van der Waals surface area contributed by atoms with Gasteiger partial charge in [0.1, 0.15) is 12.4 Å². The van der Waals surface area contributed by atoms with Crippen LogP contribution in [0.2, 0.25) is 0 Å². The number of hydrogen-bond donors (Lipinski definition) is 1. The monoisotopic (exact) mass is 368 g/mol. The predicted molar refractivity (Wildman–Crippen MR) is 101 cm³/mol. The van der Waals surface area contributed by atoms with Gasteiger partial charge < -0.3 is 9.42 Å². The van der Waals surface area contributed by atoms with Crippen LogP contribution in [0, 0.1) is 0 Å². The summed E-state index contributed by atoms with van der Waals surface area (Å²) < 4.78 is 6.99. The van der Waals surface area contributed by atoms with Crippen LogP contribution in [0.3, 0.4) is 0 Å². The molecule has 3 rings (SSSR count). The van der Waals surface area contributed by atoms with Crippen LogP contribution in [-0.4, -0.2) is 37.4 Å². The standard InChI is InChI=1S/C19H24N6O2/c1-4-16-21-18(27-23-16)13-24(5-2)19(26)22-17-11-12-20-25(17)14(3)15-9-7-6-8-10-15/h6-12,14H,4-5,13H2,1-3H3,(H,22,26). The first kappa shape index (κ1) is 18.6. The molecule has 0 bridgehead atoms. The van der Waals surface area contributed by atoms with Crippen molar-refractivity contribution in [2.45, 2.75) is 39.8 Å². The van der Waals surface area contributed by atoms with Gasteiger partial charge in [-0.05, 0) is 19.4 Å². The van der Waals surface area contributed by atoms with Crippen molar-refractivity contribution in [3.63, 3.8) is 0 Å². The lowest BCUT2D eigenvalue weighted by Crippen LogP contribution is -2.35. The summed E-state index contributed by atoms with van der Waals surface area (Å²) in [7, 11) is 0. The highest BCUT2D eigenvalue weighted by atomic mass is 16.5. The van der Waals surface area contributed by atoms with Gasteiger partial charge in [0.2, 0.25) is 5.89 Å². The summed E-state index contributed by atoms with van der Waals surface area (Å²) in [5.41, 5.74) is 1.11. The van der Waals surface area contributed by atoms with Crippen molar-refractivity contribution in [2.75, 3.05) is 11.9 Å². The van der Waals surface area contributed by atoms with Gasteiger partial charge in [0.15, 0.2) is 5.82 Å². The average molecular weight is 368 g/mol. The molecule has 27 heavy (non-hydrogen) atoms. The number of benzene rings is 1. The molecule has 2 heterocycles. The third kappa shape index (κ3) is 4.33. The Labute approximate surface area is 158 Å². The van der Waals surface area contributed by atoms with Crippen LogP contribution in [0.15, 0.2) is 47.1 Å². The highest BCUT2D eigenvalue weighted by Crippen LogP contribution is 2.21. The minimum atomic E-state index is -0.240. The molecule has 0 saturated heterocycles. The van der Waals surface area contributed by atoms with E-state index in [0.29, 0.717) is 30.5 Å². The molecule has 2 amide bonds. The van der Waals surface area contributed by atoms with Crippen LogP contribution in [0.1, 0.15) is 44.1 Å². The van der Waals surface area contributed by atoms with E-state index in [2.05, 4.69) is 20.6 Å². The van der Waals surface area contributed by atoms with Crippen LogP contribution in [-0.2, 0) is 13.0 Å². The van der Waals surface area contributed by atoms with E-state index in [9.17, 15) is 4.79 Å². The highest BCUT2D eigenvalue weighted by Gasteiger charge is 2.19. The Morgan fingerprint density at radius 2 is 2.04 bits per heavy atom. The molecule has 0 aliphatic carbocycles. The topological polar surface area (TPSA) is 89.1 Å². The quantitative estimate of drug-likeness (QED) is 0.689. The largest absolute Gasteiger partial charge is 0.337 e. The Hall–Kier alpha value is -3.16.